The summed E-state index contributed by atoms with van der Waals surface area (Å²) in [7, 11) is 0. The molecular formula is C49H44N4O. The van der Waals surface area contributed by atoms with Gasteiger partial charge in [0.25, 0.3) is 0 Å². The molecule has 2 aliphatic carbocycles. The van der Waals surface area contributed by atoms with Gasteiger partial charge >= 0.3 is 0 Å². The molecule has 266 valence electrons. The lowest BCUT2D eigenvalue weighted by Gasteiger charge is -2.43. The maximum atomic E-state index is 6.61. The van der Waals surface area contributed by atoms with E-state index in [1.54, 1.807) is 0 Å². The van der Waals surface area contributed by atoms with Crippen LogP contribution in [0.2, 0.25) is 0 Å². The van der Waals surface area contributed by atoms with Crippen LogP contribution in [-0.2, 0) is 0 Å². The molecule has 8 aromatic rings. The number of anilines is 1. The number of hydrogen-bond donors (Lipinski definition) is 0. The fourth-order valence-corrected chi connectivity index (χ4v) is 9.21. The molecule has 0 saturated heterocycles. The Morgan fingerprint density at radius 3 is 1.81 bits per heavy atom. The maximum absolute atomic E-state index is 6.61. The van der Waals surface area contributed by atoms with Crippen molar-refractivity contribution in [2.75, 3.05) is 4.90 Å². The molecule has 0 atom stereocenters. The van der Waals surface area contributed by atoms with E-state index in [0.29, 0.717) is 29.6 Å². The largest absolute Gasteiger partial charge is 0.456 e. The number of hydrogen-bond acceptors (Lipinski definition) is 5. The lowest BCUT2D eigenvalue weighted by molar-refractivity contribution is 0.340. The zero-order chi connectivity index (χ0) is 35.8. The summed E-state index contributed by atoms with van der Waals surface area (Å²) in [6.45, 7) is 0. The predicted octanol–water partition coefficient (Wildman–Crippen LogP) is 13.1. The summed E-state index contributed by atoms with van der Waals surface area (Å²) >= 11 is 0. The predicted molar refractivity (Wildman–Crippen MR) is 223 cm³/mol. The van der Waals surface area contributed by atoms with E-state index in [1.165, 1.54) is 75.5 Å². The molecule has 5 heteroatoms. The lowest BCUT2D eigenvalue weighted by atomic mass is 9.88. The van der Waals surface area contributed by atoms with E-state index < -0.39 is 0 Å². The number of fused-ring (bicyclic) bond motifs is 4. The average molecular weight is 705 g/mol. The second-order valence-corrected chi connectivity index (χ2v) is 15.2. The van der Waals surface area contributed by atoms with Crippen molar-refractivity contribution < 1.29 is 4.42 Å². The van der Waals surface area contributed by atoms with Crippen molar-refractivity contribution in [2.24, 2.45) is 0 Å². The molecule has 0 radical (unpaired) electrons. The molecule has 10 rings (SSSR count). The molecule has 2 saturated carbocycles. The molecule has 0 amide bonds. The molecule has 2 fully saturated rings. The second kappa shape index (κ2) is 14.2. The third-order valence-electron chi connectivity index (χ3n) is 11.9. The summed E-state index contributed by atoms with van der Waals surface area (Å²) in [6, 6.07) is 48.4. The van der Waals surface area contributed by atoms with Gasteiger partial charge in [-0.15, -0.1) is 0 Å². The van der Waals surface area contributed by atoms with E-state index in [-0.39, 0.29) is 0 Å². The Morgan fingerprint density at radius 1 is 0.444 bits per heavy atom. The molecule has 0 aliphatic heterocycles. The Labute approximate surface area is 316 Å². The van der Waals surface area contributed by atoms with Crippen molar-refractivity contribution in [2.45, 2.75) is 76.3 Å². The molecule has 2 aromatic heterocycles. The van der Waals surface area contributed by atoms with Crippen LogP contribution in [-0.4, -0.2) is 27.0 Å². The normalized spacial score (nSPS) is 15.6. The zero-order valence-electron chi connectivity index (χ0n) is 30.6. The standard InChI is InChI=1S/C49H44N4O/c1-4-15-35(16-5-1)47-50-48(41-23-12-17-34-14-10-11-22-40(34)41)52-49(51-47)43-24-13-25-44-46(43)42-31-28-36(32-45(42)54-44)33-26-29-39(30-27-33)53(37-18-6-2-7-19-37)38-20-8-3-9-21-38/h1,4-5,10-17,22-32,37-38H,2-3,6-9,18-21H2. The van der Waals surface area contributed by atoms with E-state index in [0.717, 1.165) is 55.0 Å². The molecule has 0 N–H and O–H groups in total. The quantitative estimate of drug-likeness (QED) is 0.165. The summed E-state index contributed by atoms with van der Waals surface area (Å²) < 4.78 is 6.61. The highest BCUT2D eigenvalue weighted by atomic mass is 16.3. The van der Waals surface area contributed by atoms with Crippen molar-refractivity contribution in [3.63, 3.8) is 0 Å². The highest BCUT2D eigenvalue weighted by Gasteiger charge is 2.29. The number of rotatable bonds is 7. The fraction of sp³-hybridized carbons (Fsp3) is 0.245. The molecule has 6 aromatic carbocycles. The van der Waals surface area contributed by atoms with E-state index >= 15 is 0 Å². The van der Waals surface area contributed by atoms with Crippen LogP contribution in [0.4, 0.5) is 5.69 Å². The molecular weight excluding hydrogens is 661 g/mol. The first-order valence-electron chi connectivity index (χ1n) is 19.9. The van der Waals surface area contributed by atoms with Crippen LogP contribution in [0.25, 0.3) is 78.0 Å². The van der Waals surface area contributed by atoms with Crippen molar-refractivity contribution in [1.82, 2.24) is 15.0 Å². The minimum Gasteiger partial charge on any atom is -0.456 e. The summed E-state index contributed by atoms with van der Waals surface area (Å²) in [6.07, 6.45) is 13.5. The molecule has 0 bridgehead atoms. The zero-order valence-corrected chi connectivity index (χ0v) is 30.6. The highest BCUT2D eigenvalue weighted by molar-refractivity contribution is 6.12. The maximum Gasteiger partial charge on any atom is 0.164 e. The minimum atomic E-state index is 0.625. The van der Waals surface area contributed by atoms with Gasteiger partial charge in [-0.1, -0.05) is 142 Å². The molecule has 2 aliphatic rings. The first-order chi connectivity index (χ1) is 26.8. The van der Waals surface area contributed by atoms with Gasteiger partial charge in [0, 0.05) is 45.2 Å². The van der Waals surface area contributed by atoms with Crippen LogP contribution in [0.1, 0.15) is 64.2 Å². The Hall–Kier alpha value is -5.81. The lowest BCUT2D eigenvalue weighted by Crippen LogP contribution is -2.45. The van der Waals surface area contributed by atoms with Crippen molar-refractivity contribution in [1.29, 1.82) is 0 Å². The summed E-state index contributed by atoms with van der Waals surface area (Å²) in [5.41, 5.74) is 8.28. The molecule has 5 nitrogen and oxygen atoms in total. The first-order valence-corrected chi connectivity index (χ1v) is 19.9. The third-order valence-corrected chi connectivity index (χ3v) is 11.9. The van der Waals surface area contributed by atoms with Crippen LogP contribution in [0.3, 0.4) is 0 Å². The van der Waals surface area contributed by atoms with E-state index in [1.807, 2.05) is 30.3 Å². The highest BCUT2D eigenvalue weighted by Crippen LogP contribution is 2.40. The van der Waals surface area contributed by atoms with Crippen LogP contribution in [0, 0.1) is 0 Å². The molecule has 0 spiro atoms. The van der Waals surface area contributed by atoms with Gasteiger partial charge < -0.3 is 9.32 Å². The Balaban J connectivity index is 1.04. The van der Waals surface area contributed by atoms with Crippen LogP contribution in [0.15, 0.2) is 138 Å². The Bertz CT molecular complexity index is 2560. The molecule has 54 heavy (non-hydrogen) atoms. The topological polar surface area (TPSA) is 55.1 Å². The van der Waals surface area contributed by atoms with Crippen molar-refractivity contribution in [3.05, 3.63) is 133 Å². The number of benzene rings is 6. The van der Waals surface area contributed by atoms with Gasteiger partial charge in [0.05, 0.1) is 0 Å². The number of nitrogens with zero attached hydrogens (tertiary/aromatic N) is 4. The van der Waals surface area contributed by atoms with Gasteiger partial charge in [-0.25, -0.2) is 15.0 Å². The van der Waals surface area contributed by atoms with Gasteiger partial charge in [0.15, 0.2) is 17.5 Å². The van der Waals surface area contributed by atoms with Crippen LogP contribution < -0.4 is 4.90 Å². The van der Waals surface area contributed by atoms with Crippen LogP contribution in [0.5, 0.6) is 0 Å². The Kier molecular flexibility index (Phi) is 8.63. The number of aromatic nitrogens is 3. The number of furan rings is 1. The smallest absolute Gasteiger partial charge is 0.164 e. The van der Waals surface area contributed by atoms with Gasteiger partial charge in [0.2, 0.25) is 0 Å². The second-order valence-electron chi connectivity index (χ2n) is 15.2. The van der Waals surface area contributed by atoms with Gasteiger partial charge in [-0.05, 0) is 77.9 Å². The summed E-state index contributed by atoms with van der Waals surface area (Å²) in [4.78, 5) is 18.1. The minimum absolute atomic E-state index is 0.625. The van der Waals surface area contributed by atoms with E-state index in [4.69, 9.17) is 19.4 Å². The SMILES string of the molecule is c1ccc(-c2nc(-c3cccc4ccccc34)nc(-c3cccc4oc5cc(-c6ccc(N(C7CCCCC7)C7CCCCC7)cc6)ccc5c34)n2)cc1. The summed E-state index contributed by atoms with van der Waals surface area (Å²) in [5.74, 6) is 1.92. The van der Waals surface area contributed by atoms with Gasteiger partial charge in [0.1, 0.15) is 11.2 Å². The fourth-order valence-electron chi connectivity index (χ4n) is 9.21. The summed E-state index contributed by atoms with van der Waals surface area (Å²) in [5, 5.41) is 4.32. The average Bonchev–Trinajstić information content (AvgIpc) is 3.63. The molecule has 2 heterocycles. The molecule has 0 unspecified atom stereocenters. The van der Waals surface area contributed by atoms with Gasteiger partial charge in [-0.3, -0.25) is 0 Å². The van der Waals surface area contributed by atoms with Crippen LogP contribution >= 0.6 is 0 Å². The van der Waals surface area contributed by atoms with Crippen molar-refractivity contribution in [3.8, 4) is 45.3 Å². The van der Waals surface area contributed by atoms with Crippen molar-refractivity contribution >= 4 is 38.4 Å². The van der Waals surface area contributed by atoms with E-state index in [2.05, 4.69) is 108 Å². The third kappa shape index (κ3) is 6.12. The first kappa shape index (κ1) is 32.8. The Morgan fingerprint density at radius 2 is 1.06 bits per heavy atom. The van der Waals surface area contributed by atoms with Gasteiger partial charge in [-0.2, -0.15) is 0 Å². The monoisotopic (exact) mass is 704 g/mol. The van der Waals surface area contributed by atoms with E-state index in [9.17, 15) is 0 Å².